The Labute approximate surface area is 132 Å². The molecule has 3 aromatic heterocycles. The molecule has 0 atom stereocenters. The van der Waals surface area contributed by atoms with Crippen LogP contribution in [0.4, 0.5) is 0 Å². The van der Waals surface area contributed by atoms with Crippen molar-refractivity contribution in [2.24, 2.45) is 13.0 Å². The SMILES string of the molecule is CC(C)C=c1[nH]c(=Cc2c[nH]c3ncc(Cl)cc23)c(=O)n1C. The molecule has 0 saturated heterocycles. The van der Waals surface area contributed by atoms with Gasteiger partial charge in [0.05, 0.1) is 5.02 Å². The fraction of sp³-hybridized carbons (Fsp3) is 0.250. The molecule has 0 bridgehead atoms. The van der Waals surface area contributed by atoms with Gasteiger partial charge in [0.1, 0.15) is 16.5 Å². The van der Waals surface area contributed by atoms with Crippen molar-refractivity contribution in [3.05, 3.63) is 50.2 Å². The average molecular weight is 317 g/mol. The molecule has 0 aliphatic rings. The van der Waals surface area contributed by atoms with Crippen LogP contribution in [0, 0.1) is 5.92 Å². The molecule has 3 aromatic rings. The standard InChI is InChI=1S/C16H17ClN4O/c1-9(2)4-14-20-13(16(22)21(14)3)5-10-7-18-15-12(10)6-11(17)8-19-15/h4-9,20H,1-3H3,(H,18,19). The molecule has 6 heteroatoms. The van der Waals surface area contributed by atoms with Gasteiger partial charge >= 0.3 is 0 Å². The van der Waals surface area contributed by atoms with Crippen molar-refractivity contribution < 1.29 is 0 Å². The number of fused-ring (bicyclic) bond motifs is 1. The zero-order valence-corrected chi connectivity index (χ0v) is 13.4. The van der Waals surface area contributed by atoms with E-state index in [0.29, 0.717) is 16.3 Å². The Morgan fingerprint density at radius 3 is 2.91 bits per heavy atom. The van der Waals surface area contributed by atoms with Crippen molar-refractivity contribution in [2.45, 2.75) is 13.8 Å². The lowest BCUT2D eigenvalue weighted by molar-refractivity contribution is 0.806. The van der Waals surface area contributed by atoms with Crippen molar-refractivity contribution in [1.29, 1.82) is 0 Å². The Balaban J connectivity index is 2.24. The first-order chi connectivity index (χ1) is 10.5. The maximum absolute atomic E-state index is 12.3. The van der Waals surface area contributed by atoms with Gasteiger partial charge in [-0.25, -0.2) is 4.98 Å². The van der Waals surface area contributed by atoms with Crippen LogP contribution in [0.2, 0.25) is 5.02 Å². The molecule has 0 fully saturated rings. The van der Waals surface area contributed by atoms with Gasteiger partial charge in [-0.3, -0.25) is 9.36 Å². The second-order valence-corrected chi connectivity index (χ2v) is 6.07. The predicted molar refractivity (Wildman–Crippen MR) is 89.3 cm³/mol. The molecular formula is C16H17ClN4O. The molecule has 0 aromatic carbocycles. The van der Waals surface area contributed by atoms with Crippen molar-refractivity contribution in [3.8, 4) is 0 Å². The Hall–Kier alpha value is -2.27. The normalized spacial score (nSPS) is 13.7. The number of rotatable bonds is 2. The minimum atomic E-state index is -0.0590. The average Bonchev–Trinajstić information content (AvgIpc) is 2.96. The highest BCUT2D eigenvalue weighted by molar-refractivity contribution is 6.31. The zero-order chi connectivity index (χ0) is 15.9. The summed E-state index contributed by atoms with van der Waals surface area (Å²) in [6, 6.07) is 1.83. The van der Waals surface area contributed by atoms with Gasteiger partial charge in [0, 0.05) is 30.4 Å². The van der Waals surface area contributed by atoms with E-state index in [-0.39, 0.29) is 5.56 Å². The van der Waals surface area contributed by atoms with Crippen LogP contribution in [-0.4, -0.2) is 19.5 Å². The van der Waals surface area contributed by atoms with Gasteiger partial charge in [0.2, 0.25) is 0 Å². The molecule has 2 N–H and O–H groups in total. The van der Waals surface area contributed by atoms with E-state index in [9.17, 15) is 4.79 Å². The molecule has 22 heavy (non-hydrogen) atoms. The fourth-order valence-electron chi connectivity index (χ4n) is 2.41. The minimum absolute atomic E-state index is 0.0590. The summed E-state index contributed by atoms with van der Waals surface area (Å²) in [5.74, 6) is 0.355. The smallest absolute Gasteiger partial charge is 0.275 e. The summed E-state index contributed by atoms with van der Waals surface area (Å²) in [6.07, 6.45) is 7.25. The van der Waals surface area contributed by atoms with Crippen LogP contribution in [0.25, 0.3) is 23.2 Å². The molecule has 0 aliphatic carbocycles. The molecule has 0 aliphatic heterocycles. The molecule has 3 rings (SSSR count). The van der Waals surface area contributed by atoms with E-state index in [1.54, 1.807) is 17.8 Å². The van der Waals surface area contributed by atoms with E-state index in [0.717, 1.165) is 22.1 Å². The summed E-state index contributed by atoms with van der Waals surface area (Å²) in [6.45, 7) is 4.14. The van der Waals surface area contributed by atoms with Crippen LogP contribution >= 0.6 is 11.6 Å². The van der Waals surface area contributed by atoms with E-state index in [1.165, 1.54) is 0 Å². The molecule has 5 nitrogen and oxygen atoms in total. The minimum Gasteiger partial charge on any atom is -0.346 e. The van der Waals surface area contributed by atoms with Crippen LogP contribution in [0.15, 0.2) is 23.3 Å². The van der Waals surface area contributed by atoms with Crippen LogP contribution in [-0.2, 0) is 7.05 Å². The third-order valence-corrected chi connectivity index (χ3v) is 3.69. The summed E-state index contributed by atoms with van der Waals surface area (Å²) in [7, 11) is 1.76. The number of nitrogens with one attached hydrogen (secondary N) is 2. The molecule has 0 radical (unpaired) electrons. The first-order valence-corrected chi connectivity index (χ1v) is 7.44. The van der Waals surface area contributed by atoms with E-state index in [1.807, 2.05) is 24.4 Å². The van der Waals surface area contributed by atoms with Crippen molar-refractivity contribution in [2.75, 3.05) is 0 Å². The van der Waals surface area contributed by atoms with E-state index in [4.69, 9.17) is 11.6 Å². The lowest BCUT2D eigenvalue weighted by Crippen LogP contribution is -2.29. The maximum atomic E-state index is 12.3. The van der Waals surface area contributed by atoms with E-state index < -0.39 is 0 Å². The number of hydrogen-bond donors (Lipinski definition) is 2. The van der Waals surface area contributed by atoms with Crippen molar-refractivity contribution >= 4 is 34.8 Å². The lowest BCUT2D eigenvalue weighted by atomic mass is 10.2. The summed E-state index contributed by atoms with van der Waals surface area (Å²) in [5.41, 5.74) is 2.37. The fourth-order valence-corrected chi connectivity index (χ4v) is 2.56. The van der Waals surface area contributed by atoms with Crippen molar-refractivity contribution in [3.63, 3.8) is 0 Å². The highest BCUT2D eigenvalue weighted by Crippen LogP contribution is 2.20. The highest BCUT2D eigenvalue weighted by atomic mass is 35.5. The van der Waals surface area contributed by atoms with Gasteiger partial charge in [-0.05, 0) is 24.1 Å². The van der Waals surface area contributed by atoms with E-state index >= 15 is 0 Å². The number of nitrogens with zero attached hydrogens (tertiary/aromatic N) is 2. The lowest BCUT2D eigenvalue weighted by Gasteiger charge is -1.92. The predicted octanol–water partition coefficient (Wildman–Crippen LogP) is 1.51. The number of imidazole rings is 1. The number of aromatic amines is 2. The van der Waals surface area contributed by atoms with Gasteiger partial charge in [0.25, 0.3) is 5.56 Å². The van der Waals surface area contributed by atoms with Crippen molar-refractivity contribution in [1.82, 2.24) is 19.5 Å². The highest BCUT2D eigenvalue weighted by Gasteiger charge is 2.05. The molecule has 0 unspecified atom stereocenters. The Kier molecular flexibility index (Phi) is 3.66. The van der Waals surface area contributed by atoms with Gasteiger partial charge in [-0.2, -0.15) is 0 Å². The number of H-pyrrole nitrogens is 2. The molecule has 0 spiro atoms. The monoisotopic (exact) mass is 316 g/mol. The summed E-state index contributed by atoms with van der Waals surface area (Å²) in [4.78, 5) is 22.8. The third-order valence-electron chi connectivity index (χ3n) is 3.48. The molecule has 3 heterocycles. The number of pyridine rings is 1. The molecular weight excluding hydrogens is 300 g/mol. The molecule has 114 valence electrons. The first kappa shape index (κ1) is 14.7. The number of aromatic nitrogens is 4. The van der Waals surface area contributed by atoms with Crippen LogP contribution in [0.1, 0.15) is 19.4 Å². The summed E-state index contributed by atoms with van der Waals surface area (Å²) < 4.78 is 1.62. The summed E-state index contributed by atoms with van der Waals surface area (Å²) in [5, 5.41) is 1.99. The Bertz CT molecular complexity index is 1010. The molecule has 0 amide bonds. The largest absolute Gasteiger partial charge is 0.346 e. The van der Waals surface area contributed by atoms with Gasteiger partial charge in [-0.1, -0.05) is 25.4 Å². The van der Waals surface area contributed by atoms with E-state index in [2.05, 4.69) is 28.8 Å². The first-order valence-electron chi connectivity index (χ1n) is 7.07. The number of hydrogen-bond acceptors (Lipinski definition) is 2. The molecule has 0 saturated carbocycles. The van der Waals surface area contributed by atoms with Gasteiger partial charge in [0.15, 0.2) is 0 Å². The summed E-state index contributed by atoms with van der Waals surface area (Å²) >= 11 is 6.00. The number of halogens is 1. The maximum Gasteiger partial charge on any atom is 0.275 e. The topological polar surface area (TPSA) is 66.5 Å². The van der Waals surface area contributed by atoms with Crippen LogP contribution in [0.5, 0.6) is 0 Å². The van der Waals surface area contributed by atoms with Crippen LogP contribution < -0.4 is 16.4 Å². The van der Waals surface area contributed by atoms with Gasteiger partial charge < -0.3 is 9.97 Å². The Morgan fingerprint density at radius 2 is 2.18 bits per heavy atom. The Morgan fingerprint density at radius 1 is 1.41 bits per heavy atom. The second kappa shape index (κ2) is 5.50. The third kappa shape index (κ3) is 2.60. The van der Waals surface area contributed by atoms with Gasteiger partial charge in [-0.15, -0.1) is 0 Å². The quantitative estimate of drug-likeness (QED) is 0.752. The second-order valence-electron chi connectivity index (χ2n) is 5.64. The van der Waals surface area contributed by atoms with Crippen LogP contribution in [0.3, 0.4) is 0 Å². The zero-order valence-electron chi connectivity index (χ0n) is 12.6.